The first kappa shape index (κ1) is 29.7. The molecule has 0 atom stereocenters. The molecule has 0 N–H and O–H groups in total. The zero-order valence-corrected chi connectivity index (χ0v) is 28.8. The molecule has 0 bridgehead atoms. The number of hydrogen-bond donors (Lipinski definition) is 0. The van der Waals surface area contributed by atoms with Crippen LogP contribution in [0.2, 0.25) is 0 Å². The Labute approximate surface area is 306 Å². The summed E-state index contributed by atoms with van der Waals surface area (Å²) in [5.74, 6) is 0. The minimum Gasteiger partial charge on any atom is -0.456 e. The van der Waals surface area contributed by atoms with Crippen LogP contribution in [0.5, 0.6) is 0 Å². The van der Waals surface area contributed by atoms with Gasteiger partial charge in [0, 0.05) is 28.1 Å². The lowest BCUT2D eigenvalue weighted by atomic mass is 9.84. The van der Waals surface area contributed by atoms with Gasteiger partial charge < -0.3 is 4.42 Å². The van der Waals surface area contributed by atoms with Crippen molar-refractivity contribution in [2.24, 2.45) is 0 Å². The average molecular weight is 674 g/mol. The highest BCUT2D eigenvalue weighted by atomic mass is 16.3. The van der Waals surface area contributed by atoms with Gasteiger partial charge in [-0.25, -0.2) is 0 Å². The number of furan rings is 1. The maximum absolute atomic E-state index is 6.28. The molecule has 246 valence electrons. The van der Waals surface area contributed by atoms with Gasteiger partial charge in [-0.1, -0.05) is 146 Å². The van der Waals surface area contributed by atoms with Crippen LogP contribution < -0.4 is 0 Å². The van der Waals surface area contributed by atoms with Crippen molar-refractivity contribution in [3.63, 3.8) is 0 Å². The van der Waals surface area contributed by atoms with Crippen molar-refractivity contribution >= 4 is 65.0 Å². The first-order valence-corrected chi connectivity index (χ1v) is 18.1. The van der Waals surface area contributed by atoms with Crippen LogP contribution in [0, 0.1) is 0 Å². The van der Waals surface area contributed by atoms with E-state index in [1.165, 1.54) is 70.9 Å². The van der Waals surface area contributed by atoms with Gasteiger partial charge in [0.05, 0.1) is 5.69 Å². The van der Waals surface area contributed by atoms with E-state index < -0.39 is 0 Å². The number of fused-ring (bicyclic) bond motifs is 7. The fourth-order valence-electron chi connectivity index (χ4n) is 8.45. The summed E-state index contributed by atoms with van der Waals surface area (Å²) < 4.78 is 6.28. The van der Waals surface area contributed by atoms with Gasteiger partial charge in [0.2, 0.25) is 0 Å². The highest BCUT2D eigenvalue weighted by molar-refractivity contribution is 6.24. The maximum atomic E-state index is 6.28. The minimum absolute atomic E-state index is 0.885. The van der Waals surface area contributed by atoms with Gasteiger partial charge in [-0.05, 0) is 107 Å². The molecule has 53 heavy (non-hydrogen) atoms. The van der Waals surface area contributed by atoms with E-state index in [0.717, 1.165) is 38.8 Å². The molecule has 0 saturated heterocycles. The van der Waals surface area contributed by atoms with Gasteiger partial charge in [-0.2, -0.15) is 0 Å². The van der Waals surface area contributed by atoms with E-state index in [1.54, 1.807) is 0 Å². The van der Waals surface area contributed by atoms with E-state index in [-0.39, 0.29) is 0 Å². The third-order valence-corrected chi connectivity index (χ3v) is 10.9. The molecule has 0 spiro atoms. The second kappa shape index (κ2) is 11.8. The molecule has 0 amide bonds. The predicted octanol–water partition coefficient (Wildman–Crippen LogP) is 14.3. The number of pyridine rings is 1. The Bertz CT molecular complexity index is 3150. The fraction of sp³-hybridized carbons (Fsp3) is 0. The van der Waals surface area contributed by atoms with Crippen molar-refractivity contribution in [1.82, 2.24) is 4.98 Å². The molecule has 11 rings (SSSR count). The SMILES string of the molecule is c1ccc(-c2ccc(-c3c4ccccc4c(-c4ccc(-c5ccc6oc7cc8ccccc8cc7c6c5)nc4)c4ccccc34)c3ccccc23)cc1. The maximum Gasteiger partial charge on any atom is 0.136 e. The van der Waals surface area contributed by atoms with Crippen LogP contribution in [-0.2, 0) is 0 Å². The molecular weight excluding hydrogens is 643 g/mol. The van der Waals surface area contributed by atoms with Crippen molar-refractivity contribution in [1.29, 1.82) is 0 Å². The van der Waals surface area contributed by atoms with Crippen molar-refractivity contribution in [2.75, 3.05) is 0 Å². The van der Waals surface area contributed by atoms with Gasteiger partial charge in [-0.15, -0.1) is 0 Å². The Morgan fingerprint density at radius 3 is 1.55 bits per heavy atom. The summed E-state index contributed by atoms with van der Waals surface area (Å²) in [5.41, 5.74) is 11.1. The third kappa shape index (κ3) is 4.70. The van der Waals surface area contributed by atoms with E-state index in [1.807, 2.05) is 6.20 Å². The van der Waals surface area contributed by atoms with Crippen molar-refractivity contribution in [3.05, 3.63) is 188 Å². The van der Waals surface area contributed by atoms with E-state index in [4.69, 9.17) is 9.40 Å². The molecule has 0 unspecified atom stereocenters. The van der Waals surface area contributed by atoms with Crippen LogP contribution >= 0.6 is 0 Å². The average Bonchev–Trinajstić information content (AvgIpc) is 3.58. The monoisotopic (exact) mass is 673 g/mol. The van der Waals surface area contributed by atoms with Gasteiger partial charge in [0.15, 0.2) is 0 Å². The smallest absolute Gasteiger partial charge is 0.136 e. The summed E-state index contributed by atoms with van der Waals surface area (Å²) in [4.78, 5) is 5.09. The molecule has 2 nitrogen and oxygen atoms in total. The summed E-state index contributed by atoms with van der Waals surface area (Å²) >= 11 is 0. The molecule has 0 radical (unpaired) electrons. The molecule has 2 heteroatoms. The second-order valence-corrected chi connectivity index (χ2v) is 13.9. The zero-order valence-electron chi connectivity index (χ0n) is 28.8. The standard InChI is InChI=1S/C51H31NO/c1-2-12-32(13-3-1)37-24-25-44(39-17-7-6-16-38(37)39)51-42-20-10-8-18-40(42)50(41-19-9-11-21-43(41)51)36-22-26-47(52-31-36)35-23-27-48-45(29-35)46-28-33-14-4-5-15-34(33)30-49(46)53-48/h1-31H. The van der Waals surface area contributed by atoms with Crippen LogP contribution in [0.1, 0.15) is 0 Å². The lowest BCUT2D eigenvalue weighted by molar-refractivity contribution is 0.669. The summed E-state index contributed by atoms with van der Waals surface area (Å²) in [5, 5.41) is 12.0. The molecule has 0 aliphatic heterocycles. The molecule has 0 saturated carbocycles. The van der Waals surface area contributed by atoms with E-state index in [2.05, 4.69) is 182 Å². The molecule has 9 aromatic carbocycles. The van der Waals surface area contributed by atoms with Gasteiger partial charge in [-0.3, -0.25) is 4.98 Å². The summed E-state index contributed by atoms with van der Waals surface area (Å²) in [6.45, 7) is 0. The Morgan fingerprint density at radius 2 is 0.868 bits per heavy atom. The third-order valence-electron chi connectivity index (χ3n) is 10.9. The first-order chi connectivity index (χ1) is 26.3. The van der Waals surface area contributed by atoms with Gasteiger partial charge in [0.25, 0.3) is 0 Å². The first-order valence-electron chi connectivity index (χ1n) is 18.1. The topological polar surface area (TPSA) is 26.0 Å². The molecular formula is C51H31NO. The number of aromatic nitrogens is 1. The highest BCUT2D eigenvalue weighted by Gasteiger charge is 2.19. The highest BCUT2D eigenvalue weighted by Crippen LogP contribution is 2.46. The van der Waals surface area contributed by atoms with Crippen LogP contribution in [0.3, 0.4) is 0 Å². The van der Waals surface area contributed by atoms with E-state index in [9.17, 15) is 0 Å². The van der Waals surface area contributed by atoms with E-state index >= 15 is 0 Å². The summed E-state index contributed by atoms with van der Waals surface area (Å²) in [6.07, 6.45) is 2.04. The fourth-order valence-corrected chi connectivity index (χ4v) is 8.45. The Kier molecular flexibility index (Phi) is 6.59. The largest absolute Gasteiger partial charge is 0.456 e. The van der Waals surface area contributed by atoms with E-state index in [0.29, 0.717) is 0 Å². The summed E-state index contributed by atoms with van der Waals surface area (Å²) in [7, 11) is 0. The predicted molar refractivity (Wildman–Crippen MR) is 223 cm³/mol. The molecule has 0 aliphatic carbocycles. The normalized spacial score (nSPS) is 11.8. The van der Waals surface area contributed by atoms with Crippen molar-refractivity contribution in [2.45, 2.75) is 0 Å². The zero-order chi connectivity index (χ0) is 34.9. The quantitative estimate of drug-likeness (QED) is 0.174. The lowest BCUT2D eigenvalue weighted by Gasteiger charge is -2.19. The Balaban J connectivity index is 1.07. The van der Waals surface area contributed by atoms with Crippen LogP contribution in [0.4, 0.5) is 0 Å². The second-order valence-electron chi connectivity index (χ2n) is 13.9. The number of nitrogens with zero attached hydrogens (tertiary/aromatic N) is 1. The Hall–Kier alpha value is -7.03. The van der Waals surface area contributed by atoms with Gasteiger partial charge in [0.1, 0.15) is 11.2 Å². The minimum atomic E-state index is 0.885. The van der Waals surface area contributed by atoms with Crippen LogP contribution in [0.15, 0.2) is 193 Å². The van der Waals surface area contributed by atoms with Gasteiger partial charge >= 0.3 is 0 Å². The molecule has 2 aromatic heterocycles. The number of benzene rings is 9. The molecule has 0 aliphatic rings. The number of hydrogen-bond acceptors (Lipinski definition) is 2. The lowest BCUT2D eigenvalue weighted by Crippen LogP contribution is -1.93. The van der Waals surface area contributed by atoms with Crippen molar-refractivity contribution in [3.8, 4) is 44.6 Å². The molecule has 11 aromatic rings. The van der Waals surface area contributed by atoms with Crippen molar-refractivity contribution < 1.29 is 4.42 Å². The Morgan fingerprint density at radius 1 is 0.321 bits per heavy atom. The summed E-state index contributed by atoms with van der Waals surface area (Å²) in [6, 6.07) is 65.4. The number of rotatable bonds is 4. The van der Waals surface area contributed by atoms with Crippen LogP contribution in [0.25, 0.3) is 110 Å². The van der Waals surface area contributed by atoms with Crippen LogP contribution in [-0.4, -0.2) is 4.98 Å². The molecule has 0 fully saturated rings. The molecule has 2 heterocycles.